The van der Waals surface area contributed by atoms with Gasteiger partial charge in [-0.2, -0.15) is 0 Å². The second kappa shape index (κ2) is 8.74. The summed E-state index contributed by atoms with van der Waals surface area (Å²) in [5, 5.41) is 8.46. The Kier molecular flexibility index (Phi) is 6.01. The van der Waals surface area contributed by atoms with Crippen LogP contribution < -0.4 is 0 Å². The van der Waals surface area contributed by atoms with E-state index in [2.05, 4.69) is 15.3 Å². The first-order valence-corrected chi connectivity index (χ1v) is 10.7. The van der Waals surface area contributed by atoms with Crippen molar-refractivity contribution < 1.29 is 14.0 Å². The molecular formula is C22H24ClFN6O2. The molecule has 1 aromatic carbocycles. The van der Waals surface area contributed by atoms with Gasteiger partial charge in [-0.25, -0.2) is 4.39 Å². The van der Waals surface area contributed by atoms with Crippen molar-refractivity contribution in [2.24, 2.45) is 5.92 Å². The van der Waals surface area contributed by atoms with Crippen LogP contribution in [0.25, 0.3) is 16.5 Å². The summed E-state index contributed by atoms with van der Waals surface area (Å²) in [6, 6.07) is 3.12. The molecule has 168 valence electrons. The van der Waals surface area contributed by atoms with Gasteiger partial charge in [0.2, 0.25) is 5.91 Å². The first-order valence-electron chi connectivity index (χ1n) is 10.3. The van der Waals surface area contributed by atoms with Crippen molar-refractivity contribution >= 4 is 39.9 Å². The number of hydrogen-bond acceptors (Lipinski definition) is 4. The molecule has 3 heterocycles. The van der Waals surface area contributed by atoms with E-state index in [0.29, 0.717) is 41.1 Å². The Labute approximate surface area is 189 Å². The summed E-state index contributed by atoms with van der Waals surface area (Å²) in [4.78, 5) is 31.3. The van der Waals surface area contributed by atoms with E-state index in [1.165, 1.54) is 4.90 Å². The van der Waals surface area contributed by atoms with Crippen molar-refractivity contribution in [3.63, 3.8) is 0 Å². The van der Waals surface area contributed by atoms with Crippen LogP contribution in [0.5, 0.6) is 0 Å². The highest BCUT2D eigenvalue weighted by atomic mass is 35.5. The van der Waals surface area contributed by atoms with Crippen LogP contribution in [-0.2, 0) is 11.3 Å². The van der Waals surface area contributed by atoms with Gasteiger partial charge in [0, 0.05) is 44.3 Å². The van der Waals surface area contributed by atoms with Crippen LogP contribution in [0, 0.1) is 11.7 Å². The third kappa shape index (κ3) is 4.12. The Bertz CT molecular complexity index is 1200. The molecule has 2 amide bonds. The van der Waals surface area contributed by atoms with Crippen molar-refractivity contribution in [2.75, 3.05) is 27.2 Å². The Morgan fingerprint density at radius 1 is 1.34 bits per heavy atom. The van der Waals surface area contributed by atoms with Gasteiger partial charge in [0.25, 0.3) is 5.91 Å². The Morgan fingerprint density at radius 2 is 2.12 bits per heavy atom. The maximum absolute atomic E-state index is 15.5. The van der Waals surface area contributed by atoms with Crippen LogP contribution in [-0.4, -0.2) is 68.8 Å². The van der Waals surface area contributed by atoms with E-state index in [1.807, 2.05) is 13.0 Å². The zero-order valence-corrected chi connectivity index (χ0v) is 18.9. The predicted octanol–water partition coefficient (Wildman–Crippen LogP) is 3.21. The van der Waals surface area contributed by atoms with E-state index in [4.69, 9.17) is 11.6 Å². The third-order valence-electron chi connectivity index (χ3n) is 5.60. The van der Waals surface area contributed by atoms with Gasteiger partial charge in [-0.1, -0.05) is 29.8 Å². The van der Waals surface area contributed by atoms with Crippen LogP contribution in [0.15, 0.2) is 30.6 Å². The van der Waals surface area contributed by atoms with Crippen LogP contribution >= 0.6 is 11.6 Å². The zero-order chi connectivity index (χ0) is 23.0. The van der Waals surface area contributed by atoms with Crippen LogP contribution in [0.4, 0.5) is 4.39 Å². The molecule has 4 rings (SSSR count). The van der Waals surface area contributed by atoms with Gasteiger partial charge in [0.1, 0.15) is 5.69 Å². The zero-order valence-electron chi connectivity index (χ0n) is 18.1. The molecule has 8 nitrogen and oxygen atoms in total. The number of carbonyl (C=O) groups excluding carboxylic acids is 2. The molecule has 0 radical (unpaired) electrons. The van der Waals surface area contributed by atoms with Gasteiger partial charge in [-0.15, -0.1) is 5.10 Å². The van der Waals surface area contributed by atoms with Gasteiger partial charge in [0.05, 0.1) is 29.2 Å². The number of benzene rings is 1. The number of fused-ring (bicyclic) bond motifs is 1. The maximum Gasteiger partial charge on any atom is 0.269 e. The minimum absolute atomic E-state index is 0.0302. The highest BCUT2D eigenvalue weighted by Gasteiger charge is 2.26. The van der Waals surface area contributed by atoms with E-state index in [9.17, 15) is 9.59 Å². The molecule has 2 aromatic heterocycles. The molecule has 1 N–H and O–H groups in total. The number of carbonyl (C=O) groups is 2. The van der Waals surface area contributed by atoms with Gasteiger partial charge >= 0.3 is 0 Å². The maximum atomic E-state index is 15.5. The Hall–Kier alpha value is -3.20. The number of aromatic nitrogens is 4. The fourth-order valence-electron chi connectivity index (χ4n) is 3.94. The third-order valence-corrected chi connectivity index (χ3v) is 5.91. The highest BCUT2D eigenvalue weighted by molar-refractivity contribution is 6.36. The molecule has 32 heavy (non-hydrogen) atoms. The van der Waals surface area contributed by atoms with E-state index in [-0.39, 0.29) is 35.5 Å². The minimum Gasteiger partial charge on any atom is -0.348 e. The second-order valence-electron chi connectivity index (χ2n) is 8.20. The summed E-state index contributed by atoms with van der Waals surface area (Å²) in [6.07, 6.45) is 5.83. The first kappa shape index (κ1) is 22.0. The SMILES string of the molecule is CC(Cn1ccnn1)C(=O)N1CCC=C(c2cc(Cl)c3cc(C(=O)N(C)C)[nH]c3c2F)C1. The quantitative estimate of drug-likeness (QED) is 0.636. The normalized spacial score (nSPS) is 15.0. The molecule has 1 atom stereocenters. The number of H-pyrrole nitrogens is 1. The summed E-state index contributed by atoms with van der Waals surface area (Å²) >= 11 is 6.44. The number of hydrogen-bond donors (Lipinski definition) is 1. The molecule has 1 aliphatic rings. The van der Waals surface area contributed by atoms with E-state index < -0.39 is 5.82 Å². The van der Waals surface area contributed by atoms with Crippen molar-refractivity contribution in [2.45, 2.75) is 19.9 Å². The summed E-state index contributed by atoms with van der Waals surface area (Å²) in [5.74, 6) is -1.08. The fraction of sp³-hybridized carbons (Fsp3) is 0.364. The van der Waals surface area contributed by atoms with Crippen LogP contribution in [0.3, 0.4) is 0 Å². The van der Waals surface area contributed by atoms with Crippen LogP contribution in [0.1, 0.15) is 29.4 Å². The topological polar surface area (TPSA) is 87.1 Å². The Morgan fingerprint density at radius 3 is 2.81 bits per heavy atom. The van der Waals surface area contributed by atoms with Gasteiger partial charge in [0.15, 0.2) is 5.82 Å². The molecule has 0 saturated heterocycles. The molecule has 0 aliphatic carbocycles. The van der Waals surface area contributed by atoms with Crippen molar-refractivity contribution in [1.29, 1.82) is 0 Å². The molecule has 0 saturated carbocycles. The number of amides is 2. The van der Waals surface area contributed by atoms with E-state index in [1.54, 1.807) is 48.2 Å². The first-order chi connectivity index (χ1) is 15.3. The molecule has 0 spiro atoms. The molecule has 1 aliphatic heterocycles. The number of halogens is 2. The highest BCUT2D eigenvalue weighted by Crippen LogP contribution is 2.34. The summed E-state index contributed by atoms with van der Waals surface area (Å²) in [5.41, 5.74) is 1.46. The molecule has 1 unspecified atom stereocenters. The van der Waals surface area contributed by atoms with Crippen molar-refractivity contribution in [1.82, 2.24) is 29.8 Å². The lowest BCUT2D eigenvalue weighted by Gasteiger charge is -2.30. The van der Waals surface area contributed by atoms with Gasteiger partial charge < -0.3 is 14.8 Å². The summed E-state index contributed by atoms with van der Waals surface area (Å²) in [6.45, 7) is 3.11. The van der Waals surface area contributed by atoms with Crippen LogP contribution in [0.2, 0.25) is 5.02 Å². The van der Waals surface area contributed by atoms with Crippen molar-refractivity contribution in [3.8, 4) is 0 Å². The predicted molar refractivity (Wildman–Crippen MR) is 120 cm³/mol. The number of nitrogens with one attached hydrogen (secondary N) is 1. The fourth-order valence-corrected chi connectivity index (χ4v) is 4.19. The Balaban J connectivity index is 1.59. The summed E-state index contributed by atoms with van der Waals surface area (Å²) in [7, 11) is 3.25. The smallest absolute Gasteiger partial charge is 0.269 e. The largest absolute Gasteiger partial charge is 0.348 e. The lowest BCUT2D eigenvalue weighted by molar-refractivity contribution is -0.135. The molecule has 0 bridgehead atoms. The molecule has 0 fully saturated rings. The number of rotatable bonds is 5. The second-order valence-corrected chi connectivity index (χ2v) is 8.60. The molecular weight excluding hydrogens is 435 g/mol. The minimum atomic E-state index is -0.488. The standard InChI is InChI=1S/C22H24ClFN6O2/c1-13(11-30-8-6-25-27-30)21(31)29-7-4-5-14(12-29)15-9-17(23)16-10-18(22(32)28(2)3)26-20(16)19(15)24/h5-6,8-10,13,26H,4,7,11-12H2,1-3H3. The lowest BCUT2D eigenvalue weighted by Crippen LogP contribution is -2.40. The van der Waals surface area contributed by atoms with Gasteiger partial charge in [-0.05, 0) is 24.1 Å². The molecule has 10 heteroatoms. The average molecular weight is 459 g/mol. The lowest BCUT2D eigenvalue weighted by atomic mass is 9.98. The van der Waals surface area contributed by atoms with E-state index in [0.717, 1.165) is 0 Å². The van der Waals surface area contributed by atoms with Crippen molar-refractivity contribution in [3.05, 3.63) is 52.7 Å². The monoisotopic (exact) mass is 458 g/mol. The average Bonchev–Trinajstić information content (AvgIpc) is 3.45. The molecule has 3 aromatic rings. The summed E-state index contributed by atoms with van der Waals surface area (Å²) < 4.78 is 17.1. The number of aromatic amines is 1. The van der Waals surface area contributed by atoms with Gasteiger partial charge in [-0.3, -0.25) is 14.3 Å². The van der Waals surface area contributed by atoms with E-state index >= 15 is 4.39 Å². The number of nitrogens with zero attached hydrogens (tertiary/aromatic N) is 5.